The third kappa shape index (κ3) is 2.92. The minimum atomic E-state index is -1.04. The van der Waals surface area contributed by atoms with Crippen LogP contribution in [0.15, 0.2) is 18.2 Å². The second kappa shape index (κ2) is 4.91. The van der Waals surface area contributed by atoms with Crippen molar-refractivity contribution < 1.29 is 19.4 Å². The number of carboxylic acid groups (broad SMARTS) is 1. The van der Waals surface area contributed by atoms with Crippen LogP contribution in [-0.2, 0) is 0 Å². The number of terminal acetylenes is 1. The van der Waals surface area contributed by atoms with Gasteiger partial charge in [-0.25, -0.2) is 4.79 Å². The van der Waals surface area contributed by atoms with Crippen LogP contribution in [0.5, 0.6) is 11.5 Å². The molecule has 0 saturated heterocycles. The van der Waals surface area contributed by atoms with E-state index in [2.05, 4.69) is 5.92 Å². The van der Waals surface area contributed by atoms with E-state index in [4.69, 9.17) is 21.0 Å². The Kier molecular flexibility index (Phi) is 3.58. The van der Waals surface area contributed by atoms with E-state index in [1.54, 1.807) is 6.07 Å². The van der Waals surface area contributed by atoms with E-state index in [-0.39, 0.29) is 12.2 Å². The van der Waals surface area contributed by atoms with Crippen LogP contribution >= 0.6 is 0 Å². The van der Waals surface area contributed by atoms with Crippen molar-refractivity contribution in [2.45, 2.75) is 0 Å². The fourth-order valence-corrected chi connectivity index (χ4v) is 1.02. The van der Waals surface area contributed by atoms with Crippen LogP contribution in [0.3, 0.4) is 0 Å². The molecule has 15 heavy (non-hydrogen) atoms. The molecule has 0 aliphatic heterocycles. The molecule has 0 aliphatic rings. The molecule has 4 nitrogen and oxygen atoms in total. The van der Waals surface area contributed by atoms with Crippen molar-refractivity contribution in [3.63, 3.8) is 0 Å². The molecule has 78 valence electrons. The first-order chi connectivity index (χ1) is 7.17. The quantitative estimate of drug-likeness (QED) is 0.756. The number of ether oxygens (including phenoxy) is 2. The molecule has 0 aromatic heterocycles. The summed E-state index contributed by atoms with van der Waals surface area (Å²) in [5, 5.41) is 8.80. The summed E-state index contributed by atoms with van der Waals surface area (Å²) in [7, 11) is 1.45. The molecule has 1 aromatic carbocycles. The zero-order chi connectivity index (χ0) is 11.3. The van der Waals surface area contributed by atoms with Crippen molar-refractivity contribution in [3.8, 4) is 23.8 Å². The molecule has 0 spiro atoms. The van der Waals surface area contributed by atoms with Gasteiger partial charge in [0.25, 0.3) is 0 Å². The second-order valence-electron chi connectivity index (χ2n) is 2.70. The van der Waals surface area contributed by atoms with E-state index in [0.717, 1.165) is 0 Å². The summed E-state index contributed by atoms with van der Waals surface area (Å²) in [5.74, 6) is 2.05. The average Bonchev–Trinajstić information content (AvgIpc) is 2.25. The number of carbonyl (C=O) groups is 1. The Hall–Kier alpha value is -2.15. The van der Waals surface area contributed by atoms with Gasteiger partial charge in [-0.2, -0.15) is 0 Å². The topological polar surface area (TPSA) is 55.8 Å². The normalized spacial score (nSPS) is 9.07. The summed E-state index contributed by atoms with van der Waals surface area (Å²) >= 11 is 0. The molecule has 0 unspecified atom stereocenters. The van der Waals surface area contributed by atoms with Crippen molar-refractivity contribution in [2.75, 3.05) is 13.7 Å². The Labute approximate surface area is 87.4 Å². The summed E-state index contributed by atoms with van der Waals surface area (Å²) < 4.78 is 10.0. The first-order valence-electron chi connectivity index (χ1n) is 4.16. The molecule has 0 atom stereocenters. The summed E-state index contributed by atoms with van der Waals surface area (Å²) in [6.45, 7) is 0.0895. The lowest BCUT2D eigenvalue weighted by Crippen LogP contribution is -2.00. The fourth-order valence-electron chi connectivity index (χ4n) is 1.02. The standard InChI is InChI=1S/C11H10O4/c1-3-4-15-10-6-8(11(12)13)5-9(7-10)14-2/h1,5-7H,4H2,2H3,(H,12,13). The lowest BCUT2D eigenvalue weighted by molar-refractivity contribution is 0.0696. The molecule has 0 heterocycles. The Balaban J connectivity index is 3.01. The average molecular weight is 206 g/mol. The number of benzene rings is 1. The molecule has 1 N–H and O–H groups in total. The van der Waals surface area contributed by atoms with Crippen molar-refractivity contribution >= 4 is 5.97 Å². The minimum absolute atomic E-state index is 0.0895. The maximum atomic E-state index is 10.7. The van der Waals surface area contributed by atoms with Gasteiger partial charge in [0.05, 0.1) is 12.7 Å². The van der Waals surface area contributed by atoms with Crippen LogP contribution in [0.25, 0.3) is 0 Å². The summed E-state index contributed by atoms with van der Waals surface area (Å²) in [6.07, 6.45) is 5.02. The van der Waals surface area contributed by atoms with Crippen LogP contribution in [0.2, 0.25) is 0 Å². The molecular weight excluding hydrogens is 196 g/mol. The van der Waals surface area contributed by atoms with E-state index in [1.807, 2.05) is 0 Å². The number of hydrogen-bond acceptors (Lipinski definition) is 3. The van der Waals surface area contributed by atoms with Gasteiger partial charge in [0, 0.05) is 6.07 Å². The van der Waals surface area contributed by atoms with Crippen molar-refractivity contribution in [3.05, 3.63) is 23.8 Å². The molecule has 0 fully saturated rings. The Morgan fingerprint density at radius 3 is 2.67 bits per heavy atom. The maximum absolute atomic E-state index is 10.7. The smallest absolute Gasteiger partial charge is 0.335 e. The first kappa shape index (κ1) is 10.9. The number of hydrogen-bond donors (Lipinski definition) is 1. The van der Waals surface area contributed by atoms with Crippen molar-refractivity contribution in [1.82, 2.24) is 0 Å². The predicted molar refractivity (Wildman–Crippen MR) is 54.3 cm³/mol. The number of methoxy groups -OCH3 is 1. The van der Waals surface area contributed by atoms with Crippen molar-refractivity contribution in [1.29, 1.82) is 0 Å². The summed E-state index contributed by atoms with van der Waals surface area (Å²) in [4.78, 5) is 10.7. The highest BCUT2D eigenvalue weighted by atomic mass is 16.5. The number of carboxylic acids is 1. The molecule has 0 saturated carbocycles. The van der Waals surface area contributed by atoms with Crippen LogP contribution in [0.1, 0.15) is 10.4 Å². The number of aromatic carboxylic acids is 1. The monoisotopic (exact) mass is 206 g/mol. The third-order valence-corrected chi connectivity index (χ3v) is 1.68. The Morgan fingerprint density at radius 1 is 1.47 bits per heavy atom. The van der Waals surface area contributed by atoms with Crippen molar-refractivity contribution in [2.24, 2.45) is 0 Å². The molecule has 0 radical (unpaired) electrons. The molecular formula is C11H10O4. The number of rotatable bonds is 4. The summed E-state index contributed by atoms with van der Waals surface area (Å²) in [5.41, 5.74) is 0.0985. The molecule has 1 rings (SSSR count). The van der Waals surface area contributed by atoms with Gasteiger partial charge < -0.3 is 14.6 Å². The van der Waals surface area contributed by atoms with Gasteiger partial charge >= 0.3 is 5.97 Å². The van der Waals surface area contributed by atoms with E-state index >= 15 is 0 Å². The second-order valence-corrected chi connectivity index (χ2v) is 2.70. The lowest BCUT2D eigenvalue weighted by Gasteiger charge is -2.06. The van der Waals surface area contributed by atoms with Gasteiger partial charge in [0.2, 0.25) is 0 Å². The zero-order valence-electron chi connectivity index (χ0n) is 8.19. The van der Waals surface area contributed by atoms with Crippen LogP contribution < -0.4 is 9.47 Å². The van der Waals surface area contributed by atoms with Gasteiger partial charge in [0.1, 0.15) is 18.1 Å². The SMILES string of the molecule is C#CCOc1cc(OC)cc(C(=O)O)c1. The fraction of sp³-hybridized carbons (Fsp3) is 0.182. The van der Waals surface area contributed by atoms with Gasteiger partial charge in [0.15, 0.2) is 0 Å². The maximum Gasteiger partial charge on any atom is 0.335 e. The molecule has 4 heteroatoms. The van der Waals surface area contributed by atoms with E-state index in [9.17, 15) is 4.79 Å². The molecule has 0 bridgehead atoms. The van der Waals surface area contributed by atoms with Crippen LogP contribution in [0, 0.1) is 12.3 Å². The summed E-state index contributed by atoms with van der Waals surface area (Å²) in [6, 6.07) is 4.37. The molecule has 0 amide bonds. The van der Waals surface area contributed by atoms with E-state index < -0.39 is 5.97 Å². The molecule has 1 aromatic rings. The largest absolute Gasteiger partial charge is 0.497 e. The van der Waals surface area contributed by atoms with Gasteiger partial charge in [-0.1, -0.05) is 5.92 Å². The van der Waals surface area contributed by atoms with Crippen LogP contribution in [-0.4, -0.2) is 24.8 Å². The highest BCUT2D eigenvalue weighted by Crippen LogP contribution is 2.22. The highest BCUT2D eigenvalue weighted by molar-refractivity contribution is 5.88. The minimum Gasteiger partial charge on any atom is -0.497 e. The molecule has 0 aliphatic carbocycles. The first-order valence-corrected chi connectivity index (χ1v) is 4.16. The van der Waals surface area contributed by atoms with Gasteiger partial charge in [-0.3, -0.25) is 0 Å². The highest BCUT2D eigenvalue weighted by Gasteiger charge is 2.07. The van der Waals surface area contributed by atoms with Gasteiger partial charge in [-0.15, -0.1) is 6.42 Å². The van der Waals surface area contributed by atoms with E-state index in [0.29, 0.717) is 11.5 Å². The Bertz CT molecular complexity index is 404. The van der Waals surface area contributed by atoms with Gasteiger partial charge in [-0.05, 0) is 12.1 Å². The Morgan fingerprint density at radius 2 is 2.13 bits per heavy atom. The zero-order valence-corrected chi connectivity index (χ0v) is 8.19. The van der Waals surface area contributed by atoms with Crippen LogP contribution in [0.4, 0.5) is 0 Å². The lowest BCUT2D eigenvalue weighted by atomic mass is 10.2. The predicted octanol–water partition coefficient (Wildman–Crippen LogP) is 1.41. The van der Waals surface area contributed by atoms with E-state index in [1.165, 1.54) is 19.2 Å². The third-order valence-electron chi connectivity index (χ3n) is 1.68.